The van der Waals surface area contributed by atoms with Gasteiger partial charge in [0.1, 0.15) is 18.3 Å². The van der Waals surface area contributed by atoms with Crippen molar-refractivity contribution in [1.82, 2.24) is 0 Å². The molecule has 1 rings (SSSR count). The van der Waals surface area contributed by atoms with Gasteiger partial charge in [-0.3, -0.25) is 0 Å². The predicted octanol–water partition coefficient (Wildman–Crippen LogP) is 5.48. The van der Waals surface area contributed by atoms with Gasteiger partial charge in [-0.05, 0) is 12.8 Å². The molecule has 5 atom stereocenters. The van der Waals surface area contributed by atoms with Crippen molar-refractivity contribution in [3.05, 3.63) is 0 Å². The molecule has 180 valence electrons. The third-order valence-electron chi connectivity index (χ3n) is 6.33. The third-order valence-corrected chi connectivity index (χ3v) is 6.33. The second-order valence-electron chi connectivity index (χ2n) is 9.14. The van der Waals surface area contributed by atoms with Gasteiger partial charge in [0, 0.05) is 0 Å². The molecule has 0 aliphatic carbocycles. The Balaban J connectivity index is 2.30. The van der Waals surface area contributed by atoms with Gasteiger partial charge < -0.3 is 24.8 Å². The van der Waals surface area contributed by atoms with Crippen LogP contribution in [0.1, 0.15) is 123 Å². The average molecular weight is 431 g/mol. The van der Waals surface area contributed by atoms with Gasteiger partial charge in [0.25, 0.3) is 0 Å². The van der Waals surface area contributed by atoms with Crippen molar-refractivity contribution in [1.29, 1.82) is 0 Å². The molecule has 0 aromatic heterocycles. The summed E-state index contributed by atoms with van der Waals surface area (Å²) in [5, 5.41) is 29.5. The lowest BCUT2D eigenvalue weighted by molar-refractivity contribution is -0.196. The molecule has 1 saturated heterocycles. The highest BCUT2D eigenvalue weighted by Crippen LogP contribution is 2.26. The van der Waals surface area contributed by atoms with E-state index < -0.39 is 24.6 Å². The highest BCUT2D eigenvalue weighted by Gasteiger charge is 2.43. The van der Waals surface area contributed by atoms with Gasteiger partial charge >= 0.3 is 0 Å². The van der Waals surface area contributed by atoms with Crippen LogP contribution >= 0.6 is 0 Å². The first kappa shape index (κ1) is 27.8. The lowest BCUT2D eigenvalue weighted by Crippen LogP contribution is -2.36. The number of aliphatic hydroxyl groups is 3. The summed E-state index contributed by atoms with van der Waals surface area (Å²) in [6, 6.07) is 0. The fourth-order valence-corrected chi connectivity index (χ4v) is 4.28. The molecule has 30 heavy (non-hydrogen) atoms. The number of ether oxygens (including phenoxy) is 2. The van der Waals surface area contributed by atoms with Crippen LogP contribution in [0.4, 0.5) is 0 Å². The van der Waals surface area contributed by atoms with Crippen LogP contribution in [0.3, 0.4) is 0 Å². The molecule has 5 nitrogen and oxygen atoms in total. The number of unbranched alkanes of at least 4 members (excludes halogenated alkanes) is 13. The monoisotopic (exact) mass is 430 g/mol. The highest BCUT2D eigenvalue weighted by atomic mass is 16.7. The third kappa shape index (κ3) is 12.0. The van der Waals surface area contributed by atoms with Gasteiger partial charge in [-0.15, -0.1) is 0 Å². The first-order chi connectivity index (χ1) is 14.6. The van der Waals surface area contributed by atoms with Crippen LogP contribution < -0.4 is 0 Å². The molecule has 1 aliphatic rings. The largest absolute Gasteiger partial charge is 0.394 e. The first-order valence-electron chi connectivity index (χ1n) is 12.9. The van der Waals surface area contributed by atoms with E-state index in [2.05, 4.69) is 13.8 Å². The molecule has 0 aromatic rings. The Morgan fingerprint density at radius 3 is 1.50 bits per heavy atom. The highest BCUT2D eigenvalue weighted by molar-refractivity contribution is 4.86. The predicted molar refractivity (Wildman–Crippen MR) is 122 cm³/mol. The Morgan fingerprint density at radius 2 is 1.10 bits per heavy atom. The topological polar surface area (TPSA) is 79.2 Å². The van der Waals surface area contributed by atoms with E-state index in [4.69, 9.17) is 9.47 Å². The smallest absolute Gasteiger partial charge is 0.186 e. The number of rotatable bonds is 20. The molecule has 0 aromatic carbocycles. The quantitative estimate of drug-likeness (QED) is 0.223. The van der Waals surface area contributed by atoms with E-state index in [0.717, 1.165) is 25.7 Å². The van der Waals surface area contributed by atoms with E-state index in [1.807, 2.05) is 0 Å². The summed E-state index contributed by atoms with van der Waals surface area (Å²) in [6.45, 7) is 4.18. The molecule has 0 saturated carbocycles. The molecule has 1 aliphatic heterocycles. The number of hydrogen-bond acceptors (Lipinski definition) is 5. The van der Waals surface area contributed by atoms with E-state index in [9.17, 15) is 15.3 Å². The minimum absolute atomic E-state index is 0.0463. The van der Waals surface area contributed by atoms with Crippen LogP contribution in [0, 0.1) is 0 Å². The van der Waals surface area contributed by atoms with E-state index in [0.29, 0.717) is 0 Å². The molecule has 0 amide bonds. The van der Waals surface area contributed by atoms with E-state index in [1.54, 1.807) is 0 Å². The zero-order valence-electron chi connectivity index (χ0n) is 19.8. The molecule has 1 fully saturated rings. The summed E-state index contributed by atoms with van der Waals surface area (Å²) in [4.78, 5) is 0. The zero-order valence-corrected chi connectivity index (χ0v) is 19.8. The van der Waals surface area contributed by atoms with Crippen LogP contribution in [0.5, 0.6) is 0 Å². The molecular weight excluding hydrogens is 380 g/mol. The Hall–Kier alpha value is -0.200. The van der Waals surface area contributed by atoms with Crippen molar-refractivity contribution in [3.8, 4) is 0 Å². The van der Waals surface area contributed by atoms with Gasteiger partial charge in [-0.2, -0.15) is 0 Å². The maximum absolute atomic E-state index is 10.2. The fraction of sp³-hybridized carbons (Fsp3) is 1.00. The second-order valence-corrected chi connectivity index (χ2v) is 9.14. The normalized spacial score (nSPS) is 25.1. The SMILES string of the molecule is CCCCCCCCCCCC(CCCCCCCC)OC1O[C@H](CO)[C@H](O)[C@H]1O. The second kappa shape index (κ2) is 18.4. The standard InChI is InChI=1S/C25H50O5/c1-3-5-7-9-11-12-13-15-17-19-21(18-16-14-10-8-6-4-2)29-25-24(28)23(27)22(20-26)30-25/h21-28H,3-20H2,1-2H3/t21?,22-,23+,24-,25?/m1/s1. The minimum atomic E-state index is -1.09. The van der Waals surface area contributed by atoms with E-state index in [-0.39, 0.29) is 12.7 Å². The van der Waals surface area contributed by atoms with Crippen LogP contribution in [0.2, 0.25) is 0 Å². The van der Waals surface area contributed by atoms with E-state index in [1.165, 1.54) is 83.5 Å². The number of aliphatic hydroxyl groups excluding tert-OH is 3. The molecule has 0 spiro atoms. The van der Waals surface area contributed by atoms with Crippen LogP contribution in [-0.2, 0) is 9.47 Å². The molecule has 1 heterocycles. The zero-order chi connectivity index (χ0) is 22.0. The Bertz CT molecular complexity index is 379. The van der Waals surface area contributed by atoms with Crippen molar-refractivity contribution in [3.63, 3.8) is 0 Å². The number of hydrogen-bond donors (Lipinski definition) is 3. The van der Waals surface area contributed by atoms with Crippen molar-refractivity contribution in [2.24, 2.45) is 0 Å². The summed E-state index contributed by atoms with van der Waals surface area (Å²) in [5.74, 6) is 0. The maximum atomic E-state index is 10.2. The lowest BCUT2D eigenvalue weighted by Gasteiger charge is -2.24. The van der Waals surface area contributed by atoms with Crippen molar-refractivity contribution in [2.75, 3.05) is 6.61 Å². The average Bonchev–Trinajstić information content (AvgIpc) is 3.02. The lowest BCUT2D eigenvalue weighted by atomic mass is 10.0. The molecule has 5 heteroatoms. The summed E-state index contributed by atoms with van der Waals surface area (Å²) >= 11 is 0. The molecule has 3 N–H and O–H groups in total. The molecule has 0 radical (unpaired) electrons. The van der Waals surface area contributed by atoms with Crippen LogP contribution in [0.25, 0.3) is 0 Å². The van der Waals surface area contributed by atoms with Crippen molar-refractivity contribution >= 4 is 0 Å². The van der Waals surface area contributed by atoms with Crippen molar-refractivity contribution < 1.29 is 24.8 Å². The van der Waals surface area contributed by atoms with Gasteiger partial charge in [-0.25, -0.2) is 0 Å². The van der Waals surface area contributed by atoms with Gasteiger partial charge in [-0.1, -0.05) is 110 Å². The molecule has 2 unspecified atom stereocenters. The Labute approximate surface area is 185 Å². The minimum Gasteiger partial charge on any atom is -0.394 e. The van der Waals surface area contributed by atoms with Crippen molar-refractivity contribution in [2.45, 2.75) is 154 Å². The van der Waals surface area contributed by atoms with Crippen LogP contribution in [-0.4, -0.2) is 52.6 Å². The Morgan fingerprint density at radius 1 is 0.667 bits per heavy atom. The van der Waals surface area contributed by atoms with Gasteiger partial charge in [0.2, 0.25) is 0 Å². The summed E-state index contributed by atoms with van der Waals surface area (Å²) in [6.07, 6.45) is 17.4. The van der Waals surface area contributed by atoms with E-state index >= 15 is 0 Å². The summed E-state index contributed by atoms with van der Waals surface area (Å²) < 4.78 is 11.6. The fourth-order valence-electron chi connectivity index (χ4n) is 4.28. The van der Waals surface area contributed by atoms with Gasteiger partial charge in [0.15, 0.2) is 6.29 Å². The maximum Gasteiger partial charge on any atom is 0.186 e. The summed E-state index contributed by atoms with van der Waals surface area (Å²) in [7, 11) is 0. The Kier molecular flexibility index (Phi) is 17.1. The molecular formula is C25H50O5. The molecule has 0 bridgehead atoms. The van der Waals surface area contributed by atoms with Gasteiger partial charge in [0.05, 0.1) is 12.7 Å². The summed E-state index contributed by atoms with van der Waals surface area (Å²) in [5.41, 5.74) is 0. The first-order valence-corrected chi connectivity index (χ1v) is 12.9. The van der Waals surface area contributed by atoms with Crippen LogP contribution in [0.15, 0.2) is 0 Å².